The average Bonchev–Trinajstić information content (AvgIpc) is 2.28. The van der Waals surface area contributed by atoms with Crippen molar-refractivity contribution in [3.63, 3.8) is 0 Å². The van der Waals surface area contributed by atoms with Crippen molar-refractivity contribution in [1.82, 2.24) is 5.32 Å². The second-order valence-electron chi connectivity index (χ2n) is 4.42. The van der Waals surface area contributed by atoms with E-state index in [1.165, 1.54) is 18.4 Å². The highest BCUT2D eigenvalue weighted by Crippen LogP contribution is 2.29. The van der Waals surface area contributed by atoms with Crippen LogP contribution in [0.1, 0.15) is 17.3 Å². The Morgan fingerprint density at radius 2 is 2.10 bits per heavy atom. The van der Waals surface area contributed by atoms with Crippen molar-refractivity contribution in [1.29, 1.82) is 0 Å². The van der Waals surface area contributed by atoms with E-state index in [4.69, 9.17) is 16.7 Å². The first-order valence-electron chi connectivity index (χ1n) is 5.65. The Bertz CT molecular complexity index is 694. The molecule has 1 rings (SSSR count). The van der Waals surface area contributed by atoms with Gasteiger partial charge in [-0.25, -0.2) is 13.6 Å². The first-order valence-corrected chi connectivity index (χ1v) is 10.1. The summed E-state index contributed by atoms with van der Waals surface area (Å²) in [6.45, 7) is 1.69. The molecule has 1 aromatic carbocycles. The van der Waals surface area contributed by atoms with Gasteiger partial charge in [-0.05, 0) is 19.1 Å². The summed E-state index contributed by atoms with van der Waals surface area (Å²) in [6.07, 6.45) is 1.52. The van der Waals surface area contributed by atoms with Crippen molar-refractivity contribution < 1.29 is 17.4 Å². The lowest BCUT2D eigenvalue weighted by atomic mass is 10.2. The number of carbonyl (C=O) groups excluding carboxylic acids is 1. The predicted molar refractivity (Wildman–Crippen MR) is 86.4 cm³/mol. The molecular formula is C11H14BrClN2O4S2. The van der Waals surface area contributed by atoms with Crippen molar-refractivity contribution in [2.45, 2.75) is 17.9 Å². The number of carbonyl (C=O) groups is 1. The van der Waals surface area contributed by atoms with Gasteiger partial charge in [0.15, 0.2) is 0 Å². The van der Waals surface area contributed by atoms with Crippen LogP contribution >= 0.6 is 27.5 Å². The fourth-order valence-electron chi connectivity index (χ4n) is 1.63. The molecule has 0 aromatic heterocycles. The number of hydrogen-bond donors (Lipinski definition) is 2. The van der Waals surface area contributed by atoms with Gasteiger partial charge in [0, 0.05) is 33.3 Å². The number of benzene rings is 1. The van der Waals surface area contributed by atoms with Crippen LogP contribution in [0, 0.1) is 0 Å². The van der Waals surface area contributed by atoms with Gasteiger partial charge in [0.05, 0.1) is 10.6 Å². The van der Waals surface area contributed by atoms with E-state index in [-0.39, 0.29) is 27.3 Å². The zero-order valence-electron chi connectivity index (χ0n) is 11.2. The number of sulfonamides is 1. The van der Waals surface area contributed by atoms with Gasteiger partial charge >= 0.3 is 0 Å². The molecule has 0 spiro atoms. The van der Waals surface area contributed by atoms with E-state index in [1.807, 2.05) is 0 Å². The molecule has 0 aliphatic carbocycles. The van der Waals surface area contributed by atoms with Crippen molar-refractivity contribution in [2.75, 3.05) is 12.0 Å². The van der Waals surface area contributed by atoms with Gasteiger partial charge < -0.3 is 5.32 Å². The largest absolute Gasteiger partial charge is 0.349 e. The SMILES string of the molecule is CC(CS(C)=O)NC(=O)c1cc(Br)cc(S(N)(=O)=O)c1Cl. The van der Waals surface area contributed by atoms with Crippen LogP contribution in [0.4, 0.5) is 0 Å². The molecule has 1 aromatic rings. The molecule has 6 nitrogen and oxygen atoms in total. The molecule has 2 unspecified atom stereocenters. The number of primary sulfonamides is 1. The molecule has 0 radical (unpaired) electrons. The van der Waals surface area contributed by atoms with Crippen molar-refractivity contribution in [3.8, 4) is 0 Å². The Hall–Kier alpha value is -0.480. The number of nitrogens with two attached hydrogens (primary N) is 1. The average molecular weight is 418 g/mol. The molecule has 10 heteroatoms. The van der Waals surface area contributed by atoms with E-state index < -0.39 is 26.7 Å². The van der Waals surface area contributed by atoms with Crippen molar-refractivity contribution in [2.24, 2.45) is 5.14 Å². The first-order chi connectivity index (χ1) is 9.52. The molecule has 0 fully saturated rings. The highest BCUT2D eigenvalue weighted by molar-refractivity contribution is 9.10. The minimum atomic E-state index is -4.05. The van der Waals surface area contributed by atoms with Gasteiger partial charge in [-0.1, -0.05) is 27.5 Å². The van der Waals surface area contributed by atoms with Crippen LogP contribution in [-0.2, 0) is 20.8 Å². The summed E-state index contributed by atoms with van der Waals surface area (Å²) in [5, 5.41) is 7.41. The Balaban J connectivity index is 3.17. The molecule has 0 heterocycles. The van der Waals surface area contributed by atoms with Gasteiger partial charge in [-0.15, -0.1) is 0 Å². The highest BCUT2D eigenvalue weighted by atomic mass is 79.9. The Morgan fingerprint density at radius 3 is 2.57 bits per heavy atom. The quantitative estimate of drug-likeness (QED) is 0.752. The molecule has 0 saturated heterocycles. The second kappa shape index (κ2) is 7.19. The summed E-state index contributed by atoms with van der Waals surface area (Å²) >= 11 is 9.06. The lowest BCUT2D eigenvalue weighted by Gasteiger charge is -2.14. The van der Waals surface area contributed by atoms with Crippen LogP contribution in [0.3, 0.4) is 0 Å². The zero-order valence-corrected chi connectivity index (χ0v) is 15.2. The van der Waals surface area contributed by atoms with Crippen molar-refractivity contribution >= 4 is 54.3 Å². The third-order valence-corrected chi connectivity index (χ3v) is 5.30. The van der Waals surface area contributed by atoms with Gasteiger partial charge in [0.25, 0.3) is 5.91 Å². The topological polar surface area (TPSA) is 106 Å². The van der Waals surface area contributed by atoms with Crippen LogP contribution in [0.15, 0.2) is 21.5 Å². The summed E-state index contributed by atoms with van der Waals surface area (Å²) < 4.78 is 34.4. The van der Waals surface area contributed by atoms with Crippen LogP contribution in [0.25, 0.3) is 0 Å². The fraction of sp³-hybridized carbons (Fsp3) is 0.364. The molecule has 0 saturated carbocycles. The summed E-state index contributed by atoms with van der Waals surface area (Å²) in [5.41, 5.74) is -0.0243. The maximum absolute atomic E-state index is 12.1. The minimum Gasteiger partial charge on any atom is -0.349 e. The zero-order chi connectivity index (χ0) is 16.4. The third kappa shape index (κ3) is 5.33. The molecule has 3 N–H and O–H groups in total. The molecule has 0 aliphatic rings. The summed E-state index contributed by atoms with van der Waals surface area (Å²) in [6, 6.07) is 2.26. The molecule has 1 amide bonds. The number of nitrogens with one attached hydrogen (secondary N) is 1. The van der Waals surface area contributed by atoms with Gasteiger partial charge in [0.1, 0.15) is 4.90 Å². The predicted octanol–water partition coefficient (Wildman–Crippen LogP) is 1.25. The lowest BCUT2D eigenvalue weighted by Crippen LogP contribution is -2.36. The monoisotopic (exact) mass is 416 g/mol. The molecular weight excluding hydrogens is 404 g/mol. The highest BCUT2D eigenvalue weighted by Gasteiger charge is 2.22. The number of hydrogen-bond acceptors (Lipinski definition) is 4. The lowest BCUT2D eigenvalue weighted by molar-refractivity contribution is 0.0943. The first kappa shape index (κ1) is 18.6. The van der Waals surface area contributed by atoms with E-state index in [2.05, 4.69) is 21.2 Å². The fourth-order valence-corrected chi connectivity index (χ4v) is 4.20. The maximum Gasteiger partial charge on any atom is 0.253 e. The van der Waals surface area contributed by atoms with E-state index in [0.29, 0.717) is 4.47 Å². The van der Waals surface area contributed by atoms with Gasteiger partial charge in [0.2, 0.25) is 10.0 Å². The summed E-state index contributed by atoms with van der Waals surface area (Å²) in [7, 11) is -5.12. The van der Waals surface area contributed by atoms with E-state index >= 15 is 0 Å². The molecule has 21 heavy (non-hydrogen) atoms. The maximum atomic E-state index is 12.1. The van der Waals surface area contributed by atoms with Crippen LogP contribution < -0.4 is 10.5 Å². The Morgan fingerprint density at radius 1 is 1.52 bits per heavy atom. The Labute approximate surface area is 139 Å². The summed E-state index contributed by atoms with van der Waals surface area (Å²) in [4.78, 5) is 11.8. The van der Waals surface area contributed by atoms with E-state index in [1.54, 1.807) is 6.92 Å². The van der Waals surface area contributed by atoms with Crippen molar-refractivity contribution in [3.05, 3.63) is 27.2 Å². The summed E-state index contributed by atoms with van der Waals surface area (Å²) in [5.74, 6) is -0.288. The number of rotatable bonds is 5. The van der Waals surface area contributed by atoms with Gasteiger partial charge in [-0.2, -0.15) is 0 Å². The normalized spacial score (nSPS) is 14.5. The number of halogens is 2. The second-order valence-corrected chi connectivity index (χ2v) is 8.73. The minimum absolute atomic E-state index is 0.0243. The van der Waals surface area contributed by atoms with Crippen LogP contribution in [0.2, 0.25) is 5.02 Å². The molecule has 2 atom stereocenters. The molecule has 118 valence electrons. The van der Waals surface area contributed by atoms with Crippen LogP contribution in [-0.4, -0.2) is 36.6 Å². The Kier molecular flexibility index (Phi) is 6.36. The molecule has 0 aliphatic heterocycles. The van der Waals surface area contributed by atoms with E-state index in [0.717, 1.165) is 0 Å². The molecule has 0 bridgehead atoms. The standard InChI is InChI=1S/C11H14BrClN2O4S2/c1-6(5-20(2)17)15-11(16)8-3-7(12)4-9(10(8)13)21(14,18)19/h3-4,6H,5H2,1-2H3,(H,15,16)(H2,14,18,19). The smallest absolute Gasteiger partial charge is 0.253 e. The van der Waals surface area contributed by atoms with E-state index in [9.17, 15) is 17.4 Å². The third-order valence-electron chi connectivity index (χ3n) is 2.42. The van der Waals surface area contributed by atoms with Gasteiger partial charge in [-0.3, -0.25) is 9.00 Å². The number of amides is 1. The van der Waals surface area contributed by atoms with Crippen LogP contribution in [0.5, 0.6) is 0 Å².